The monoisotopic (exact) mass is 254 g/mol. The van der Waals surface area contributed by atoms with Gasteiger partial charge in [0.25, 0.3) is 5.91 Å². The Kier molecular flexibility index (Phi) is 3.33. The second-order valence-electron chi connectivity index (χ2n) is 3.05. The molecule has 2 aromatic heterocycles. The van der Waals surface area contributed by atoms with E-state index in [9.17, 15) is 4.79 Å². The summed E-state index contributed by atoms with van der Waals surface area (Å²) in [4.78, 5) is 22.2. The number of thiophene rings is 1. The molecule has 0 saturated carbocycles. The lowest BCUT2D eigenvalue weighted by Crippen LogP contribution is -2.21. The van der Waals surface area contributed by atoms with Gasteiger partial charge >= 0.3 is 0 Å². The fraction of sp³-hybridized carbons (Fsp3) is 0.200. The molecule has 2 aromatic rings. The maximum atomic E-state index is 11.6. The van der Waals surface area contributed by atoms with Gasteiger partial charge in [0.1, 0.15) is 9.88 Å². The molecule has 84 valence electrons. The van der Waals surface area contributed by atoms with E-state index in [0.717, 1.165) is 15.6 Å². The molecule has 1 N–H and O–H groups in total. The van der Waals surface area contributed by atoms with Crippen LogP contribution in [0.25, 0.3) is 9.88 Å². The Hall–Kier alpha value is -1.24. The zero-order valence-electron chi connectivity index (χ0n) is 8.81. The first-order valence-corrected chi connectivity index (χ1v) is 6.26. The molecule has 0 aliphatic heterocycles. The van der Waals surface area contributed by atoms with Gasteiger partial charge in [-0.15, -0.1) is 22.7 Å². The van der Waals surface area contributed by atoms with E-state index in [1.807, 2.05) is 24.4 Å². The molecule has 0 atom stereocenters. The summed E-state index contributed by atoms with van der Waals surface area (Å²) in [6, 6.07) is 3.95. The van der Waals surface area contributed by atoms with Crippen molar-refractivity contribution in [1.29, 1.82) is 0 Å². The third-order valence-electron chi connectivity index (χ3n) is 1.93. The van der Waals surface area contributed by atoms with Crippen molar-refractivity contribution in [3.63, 3.8) is 0 Å². The van der Waals surface area contributed by atoms with Gasteiger partial charge in [-0.1, -0.05) is 6.07 Å². The smallest absolute Gasteiger partial charge is 0.277 e. The van der Waals surface area contributed by atoms with Crippen LogP contribution in [0.2, 0.25) is 0 Å². The van der Waals surface area contributed by atoms with Gasteiger partial charge in [-0.2, -0.15) is 0 Å². The molecular weight excluding hydrogens is 244 g/mol. The van der Waals surface area contributed by atoms with Crippen LogP contribution in [0, 0.1) is 6.92 Å². The number of rotatable bonds is 3. The number of nitrogens with one attached hydrogen (secondary N) is 1. The summed E-state index contributed by atoms with van der Waals surface area (Å²) >= 11 is 2.98. The van der Waals surface area contributed by atoms with Crippen LogP contribution >= 0.6 is 22.7 Å². The van der Waals surface area contributed by atoms with Crippen molar-refractivity contribution in [2.75, 3.05) is 7.11 Å². The fourth-order valence-electron chi connectivity index (χ4n) is 1.25. The average molecular weight is 254 g/mol. The van der Waals surface area contributed by atoms with E-state index < -0.39 is 0 Å². The number of hydroxylamine groups is 1. The molecule has 2 heterocycles. The molecule has 0 unspecified atom stereocenters. The van der Waals surface area contributed by atoms with Crippen LogP contribution in [0.15, 0.2) is 17.5 Å². The molecule has 0 aliphatic rings. The Balaban J connectivity index is 2.32. The first-order chi connectivity index (χ1) is 7.72. The Labute approximate surface area is 101 Å². The lowest BCUT2D eigenvalue weighted by atomic mass is 10.4. The average Bonchev–Trinajstić information content (AvgIpc) is 2.86. The number of nitrogens with zero attached hydrogens (tertiary/aromatic N) is 1. The van der Waals surface area contributed by atoms with Crippen LogP contribution < -0.4 is 5.48 Å². The van der Waals surface area contributed by atoms with Crippen molar-refractivity contribution in [3.05, 3.63) is 28.1 Å². The molecule has 0 aliphatic carbocycles. The van der Waals surface area contributed by atoms with Crippen LogP contribution in [-0.2, 0) is 4.84 Å². The maximum Gasteiger partial charge on any atom is 0.286 e. The number of aryl methyl sites for hydroxylation is 1. The van der Waals surface area contributed by atoms with Crippen LogP contribution in [0.5, 0.6) is 0 Å². The molecule has 0 fully saturated rings. The molecule has 16 heavy (non-hydrogen) atoms. The molecule has 4 nitrogen and oxygen atoms in total. The minimum atomic E-state index is -0.250. The van der Waals surface area contributed by atoms with Gasteiger partial charge in [-0.05, 0) is 18.4 Å². The lowest BCUT2D eigenvalue weighted by molar-refractivity contribution is 0.0541. The van der Waals surface area contributed by atoms with E-state index in [4.69, 9.17) is 0 Å². The van der Waals surface area contributed by atoms with Crippen LogP contribution in [0.1, 0.15) is 15.4 Å². The molecule has 0 bridgehead atoms. The Morgan fingerprint density at radius 1 is 1.56 bits per heavy atom. The zero-order chi connectivity index (χ0) is 11.5. The molecule has 0 spiro atoms. The van der Waals surface area contributed by atoms with E-state index in [2.05, 4.69) is 15.3 Å². The predicted octanol–water partition coefficient (Wildman–Crippen LogP) is 2.47. The summed E-state index contributed by atoms with van der Waals surface area (Å²) in [5, 5.41) is 2.86. The summed E-state index contributed by atoms with van der Waals surface area (Å²) < 4.78 is 0. The highest BCUT2D eigenvalue weighted by Crippen LogP contribution is 2.30. The third-order valence-corrected chi connectivity index (χ3v) is 4.12. The van der Waals surface area contributed by atoms with Crippen LogP contribution in [-0.4, -0.2) is 18.0 Å². The Bertz CT molecular complexity index is 491. The topological polar surface area (TPSA) is 51.2 Å². The Morgan fingerprint density at radius 2 is 2.38 bits per heavy atom. The molecule has 6 heteroatoms. The number of carbonyl (C=O) groups excluding carboxylic acids is 1. The minimum Gasteiger partial charge on any atom is -0.277 e. The second-order valence-corrected chi connectivity index (χ2v) is 4.99. The SMILES string of the molecule is CONC(=O)c1sc(-c2cccs2)nc1C. The molecule has 0 radical (unpaired) electrons. The van der Waals surface area contributed by atoms with Crippen molar-refractivity contribution < 1.29 is 9.63 Å². The van der Waals surface area contributed by atoms with Crippen molar-refractivity contribution >= 4 is 28.6 Å². The normalized spacial score (nSPS) is 10.4. The quantitative estimate of drug-likeness (QED) is 0.856. The number of amides is 1. The van der Waals surface area contributed by atoms with Gasteiger partial charge in [0.2, 0.25) is 0 Å². The second kappa shape index (κ2) is 4.73. The van der Waals surface area contributed by atoms with Gasteiger partial charge < -0.3 is 0 Å². The first kappa shape index (κ1) is 11.3. The molecule has 0 aromatic carbocycles. The number of hydrogen-bond acceptors (Lipinski definition) is 5. The van der Waals surface area contributed by atoms with Crippen molar-refractivity contribution in [3.8, 4) is 9.88 Å². The summed E-state index contributed by atoms with van der Waals surface area (Å²) in [5.74, 6) is -0.250. The van der Waals surface area contributed by atoms with Gasteiger partial charge in [-0.3, -0.25) is 9.63 Å². The number of aromatic nitrogens is 1. The number of hydrogen-bond donors (Lipinski definition) is 1. The molecular formula is C10H10N2O2S2. The number of thiazole rings is 1. The Morgan fingerprint density at radius 3 is 3.00 bits per heavy atom. The highest BCUT2D eigenvalue weighted by molar-refractivity contribution is 7.22. The predicted molar refractivity (Wildman–Crippen MR) is 64.6 cm³/mol. The van der Waals surface area contributed by atoms with Gasteiger partial charge in [0.15, 0.2) is 0 Å². The zero-order valence-corrected chi connectivity index (χ0v) is 10.4. The highest BCUT2D eigenvalue weighted by Gasteiger charge is 2.16. The standard InChI is InChI=1S/C10H10N2O2S2/c1-6-8(9(13)12-14-2)16-10(11-6)7-4-3-5-15-7/h3-5H,1-2H3,(H,12,13). The summed E-state index contributed by atoms with van der Waals surface area (Å²) in [7, 11) is 1.41. The van der Waals surface area contributed by atoms with Crippen LogP contribution in [0.3, 0.4) is 0 Å². The van der Waals surface area contributed by atoms with Crippen molar-refractivity contribution in [2.45, 2.75) is 6.92 Å². The van der Waals surface area contributed by atoms with E-state index >= 15 is 0 Å². The fourth-order valence-corrected chi connectivity index (χ4v) is 3.00. The summed E-state index contributed by atoms with van der Waals surface area (Å²) in [6.07, 6.45) is 0. The third kappa shape index (κ3) is 2.13. The number of carbonyl (C=O) groups is 1. The van der Waals surface area contributed by atoms with Crippen molar-refractivity contribution in [2.24, 2.45) is 0 Å². The van der Waals surface area contributed by atoms with E-state index in [1.165, 1.54) is 18.4 Å². The summed E-state index contributed by atoms with van der Waals surface area (Å²) in [5.41, 5.74) is 3.02. The van der Waals surface area contributed by atoms with Crippen molar-refractivity contribution in [1.82, 2.24) is 10.5 Å². The molecule has 1 amide bonds. The molecule has 2 rings (SSSR count). The molecule has 0 saturated heterocycles. The van der Waals surface area contributed by atoms with Gasteiger partial charge in [-0.25, -0.2) is 10.5 Å². The summed E-state index contributed by atoms with van der Waals surface area (Å²) in [6.45, 7) is 1.82. The van der Waals surface area contributed by atoms with E-state index in [-0.39, 0.29) is 5.91 Å². The maximum absolute atomic E-state index is 11.6. The van der Waals surface area contributed by atoms with Crippen LogP contribution in [0.4, 0.5) is 0 Å². The lowest BCUT2D eigenvalue weighted by Gasteiger charge is -1.97. The largest absolute Gasteiger partial charge is 0.286 e. The highest BCUT2D eigenvalue weighted by atomic mass is 32.1. The first-order valence-electron chi connectivity index (χ1n) is 4.57. The van der Waals surface area contributed by atoms with Gasteiger partial charge in [0.05, 0.1) is 17.7 Å². The van der Waals surface area contributed by atoms with E-state index in [0.29, 0.717) is 4.88 Å². The van der Waals surface area contributed by atoms with Gasteiger partial charge in [0, 0.05) is 0 Å². The van der Waals surface area contributed by atoms with E-state index in [1.54, 1.807) is 11.3 Å². The minimum absolute atomic E-state index is 0.250.